The normalized spacial score (nSPS) is 24.3. The molecule has 0 aromatic heterocycles. The summed E-state index contributed by atoms with van der Waals surface area (Å²) in [6.45, 7) is 1.73. The van der Waals surface area contributed by atoms with Crippen LogP contribution in [-0.4, -0.2) is 19.3 Å². The van der Waals surface area contributed by atoms with Gasteiger partial charge >= 0.3 is 0 Å². The van der Waals surface area contributed by atoms with Crippen LogP contribution in [0.2, 0.25) is 0 Å². The first kappa shape index (κ1) is 7.38. The van der Waals surface area contributed by atoms with Crippen molar-refractivity contribution in [2.75, 3.05) is 13.2 Å². The Morgan fingerprint density at radius 3 is 2.89 bits per heavy atom. The van der Waals surface area contributed by atoms with E-state index in [4.69, 9.17) is 4.74 Å². The molecule has 0 aliphatic carbocycles. The fourth-order valence-electron chi connectivity index (χ4n) is 0.773. The molecule has 2 nitrogen and oxygen atoms in total. The molecule has 1 saturated heterocycles. The van der Waals surface area contributed by atoms with E-state index >= 15 is 0 Å². The van der Waals surface area contributed by atoms with Crippen LogP contribution in [0.4, 0.5) is 0 Å². The molecule has 1 heterocycles. The van der Waals surface area contributed by atoms with E-state index in [1.165, 1.54) is 12.8 Å². The molecule has 1 fully saturated rings. The van der Waals surface area contributed by atoms with Gasteiger partial charge < -0.3 is 8.92 Å². The quantitative estimate of drug-likeness (QED) is 0.275. The lowest BCUT2D eigenvalue weighted by Gasteiger charge is -1.94. The van der Waals surface area contributed by atoms with Gasteiger partial charge in [0, 0.05) is 0 Å². The molecule has 54 valence electrons. The first-order chi connectivity index (χ1) is 4.43. The number of hydrogen-bond donors (Lipinski definition) is 1. The molecule has 0 N–H and O–H groups in total. The minimum Gasteiger partial charge on any atom is -0.373 e. The molecule has 1 aliphatic rings. The van der Waals surface area contributed by atoms with Gasteiger partial charge in [0.15, 0.2) is 0 Å². The third kappa shape index (κ3) is 3.78. The molecule has 0 aromatic rings. The van der Waals surface area contributed by atoms with Crippen molar-refractivity contribution in [1.82, 2.24) is 0 Å². The Kier molecular flexibility index (Phi) is 3.40. The summed E-state index contributed by atoms with van der Waals surface area (Å²) in [5.41, 5.74) is 0. The molecule has 0 spiro atoms. The van der Waals surface area contributed by atoms with E-state index in [-0.39, 0.29) is 0 Å². The summed E-state index contributed by atoms with van der Waals surface area (Å²) < 4.78 is 9.63. The van der Waals surface area contributed by atoms with Gasteiger partial charge in [0.25, 0.3) is 0 Å². The number of thiol groups is 1. The average molecular weight is 148 g/mol. The van der Waals surface area contributed by atoms with Crippen molar-refractivity contribution in [3.63, 3.8) is 0 Å². The predicted octanol–water partition coefficient (Wildman–Crippen LogP) is 1.42. The number of rotatable bonds is 5. The van der Waals surface area contributed by atoms with E-state index in [0.29, 0.717) is 6.10 Å². The number of unbranched alkanes of at least 4 members (excludes halogenated alkanes) is 1. The van der Waals surface area contributed by atoms with Gasteiger partial charge in [0.2, 0.25) is 0 Å². The number of ether oxygens (including phenoxy) is 1. The van der Waals surface area contributed by atoms with Crippen molar-refractivity contribution in [2.45, 2.75) is 25.4 Å². The van der Waals surface area contributed by atoms with E-state index in [1.807, 2.05) is 0 Å². The Morgan fingerprint density at radius 1 is 1.56 bits per heavy atom. The summed E-state index contributed by atoms with van der Waals surface area (Å²) in [4.78, 5) is 0. The second-order valence-electron chi connectivity index (χ2n) is 2.28. The zero-order chi connectivity index (χ0) is 6.53. The van der Waals surface area contributed by atoms with Gasteiger partial charge in [-0.2, -0.15) is 0 Å². The molecule has 3 heteroatoms. The van der Waals surface area contributed by atoms with E-state index in [2.05, 4.69) is 17.1 Å². The van der Waals surface area contributed by atoms with Crippen LogP contribution in [0, 0.1) is 0 Å². The Labute approximate surface area is 61.1 Å². The van der Waals surface area contributed by atoms with Gasteiger partial charge in [-0.3, -0.25) is 0 Å². The highest BCUT2D eigenvalue weighted by Crippen LogP contribution is 2.16. The van der Waals surface area contributed by atoms with Gasteiger partial charge in [0.05, 0.1) is 19.3 Å². The smallest absolute Gasteiger partial charge is 0.0810 e. The predicted molar refractivity (Wildman–Crippen MR) is 38.5 cm³/mol. The van der Waals surface area contributed by atoms with Crippen LogP contribution >= 0.6 is 12.9 Å². The van der Waals surface area contributed by atoms with Crippen molar-refractivity contribution in [3.05, 3.63) is 0 Å². The lowest BCUT2D eigenvalue weighted by Crippen LogP contribution is -1.88. The summed E-state index contributed by atoms with van der Waals surface area (Å²) in [5.74, 6) is 0. The molecular formula is C6H12O2S. The molecule has 0 aromatic carbocycles. The number of epoxide rings is 1. The fraction of sp³-hybridized carbons (Fsp3) is 1.00. The van der Waals surface area contributed by atoms with Crippen LogP contribution in [0.5, 0.6) is 0 Å². The molecular weight excluding hydrogens is 136 g/mol. The van der Waals surface area contributed by atoms with Crippen LogP contribution in [-0.2, 0) is 8.92 Å². The van der Waals surface area contributed by atoms with E-state index in [0.717, 1.165) is 19.6 Å². The summed E-state index contributed by atoms with van der Waals surface area (Å²) in [7, 11) is 0. The Balaban J connectivity index is 1.71. The standard InChI is InChI=1S/C6H12O2S/c9-8-4-2-1-3-6-5-7-6/h6,9H,1-5H2. The second kappa shape index (κ2) is 4.14. The second-order valence-corrected chi connectivity index (χ2v) is 2.54. The zero-order valence-electron chi connectivity index (χ0n) is 5.38. The third-order valence-corrected chi connectivity index (χ3v) is 1.60. The molecule has 1 atom stereocenters. The zero-order valence-corrected chi connectivity index (χ0v) is 6.27. The maximum absolute atomic E-state index is 5.03. The lowest BCUT2D eigenvalue weighted by atomic mass is 10.2. The van der Waals surface area contributed by atoms with Crippen molar-refractivity contribution in [2.24, 2.45) is 0 Å². The molecule has 1 rings (SSSR count). The van der Waals surface area contributed by atoms with Gasteiger partial charge in [0.1, 0.15) is 0 Å². The Bertz CT molecular complexity index is 73.5. The van der Waals surface area contributed by atoms with Gasteiger partial charge in [-0.05, 0) is 32.2 Å². The lowest BCUT2D eigenvalue weighted by molar-refractivity contribution is 0.346. The van der Waals surface area contributed by atoms with Crippen molar-refractivity contribution >= 4 is 12.9 Å². The topological polar surface area (TPSA) is 21.8 Å². The largest absolute Gasteiger partial charge is 0.373 e. The van der Waals surface area contributed by atoms with Gasteiger partial charge in [-0.1, -0.05) is 0 Å². The minimum atomic E-state index is 0.574. The highest BCUT2D eigenvalue weighted by molar-refractivity contribution is 7.75. The van der Waals surface area contributed by atoms with Crippen LogP contribution in [0.15, 0.2) is 0 Å². The van der Waals surface area contributed by atoms with E-state index in [9.17, 15) is 0 Å². The monoisotopic (exact) mass is 148 g/mol. The SMILES string of the molecule is SOCCCCC1CO1. The fourth-order valence-corrected chi connectivity index (χ4v) is 0.902. The van der Waals surface area contributed by atoms with Crippen LogP contribution in [0.1, 0.15) is 19.3 Å². The van der Waals surface area contributed by atoms with Crippen LogP contribution in [0.3, 0.4) is 0 Å². The third-order valence-electron chi connectivity index (χ3n) is 1.41. The molecule has 0 saturated carbocycles. The van der Waals surface area contributed by atoms with Gasteiger partial charge in [-0.25, -0.2) is 0 Å². The summed E-state index contributed by atoms with van der Waals surface area (Å²) in [5, 5.41) is 0. The van der Waals surface area contributed by atoms with Crippen LogP contribution in [0.25, 0.3) is 0 Å². The summed E-state index contributed by atoms with van der Waals surface area (Å²) >= 11 is 3.63. The van der Waals surface area contributed by atoms with Crippen LogP contribution < -0.4 is 0 Å². The number of hydrogen-bond acceptors (Lipinski definition) is 3. The Morgan fingerprint density at radius 2 is 2.33 bits per heavy atom. The van der Waals surface area contributed by atoms with E-state index < -0.39 is 0 Å². The molecule has 0 bridgehead atoms. The Hall–Kier alpha value is 0.270. The van der Waals surface area contributed by atoms with Gasteiger partial charge in [-0.15, -0.1) is 0 Å². The molecule has 0 amide bonds. The maximum Gasteiger partial charge on any atom is 0.0810 e. The maximum atomic E-state index is 5.03. The first-order valence-electron chi connectivity index (χ1n) is 3.31. The minimum absolute atomic E-state index is 0.574. The van der Waals surface area contributed by atoms with Crippen molar-refractivity contribution in [3.8, 4) is 0 Å². The highest BCUT2D eigenvalue weighted by Gasteiger charge is 2.20. The molecule has 0 radical (unpaired) electrons. The van der Waals surface area contributed by atoms with Crippen molar-refractivity contribution < 1.29 is 8.92 Å². The summed E-state index contributed by atoms with van der Waals surface area (Å²) in [6.07, 6.45) is 4.07. The first-order valence-corrected chi connectivity index (χ1v) is 3.68. The van der Waals surface area contributed by atoms with Crippen molar-refractivity contribution in [1.29, 1.82) is 0 Å². The molecule has 9 heavy (non-hydrogen) atoms. The molecule has 1 aliphatic heterocycles. The molecule has 1 unspecified atom stereocenters. The highest BCUT2D eigenvalue weighted by atomic mass is 32.1. The van der Waals surface area contributed by atoms with E-state index in [1.54, 1.807) is 0 Å². The average Bonchev–Trinajstić information content (AvgIpc) is 2.63. The summed E-state index contributed by atoms with van der Waals surface area (Å²) in [6, 6.07) is 0.